The van der Waals surface area contributed by atoms with Crippen molar-refractivity contribution in [3.8, 4) is 0 Å². The second-order valence-corrected chi connectivity index (χ2v) is 4.70. The highest BCUT2D eigenvalue weighted by Crippen LogP contribution is 2.22. The number of anilines is 1. The zero-order valence-electron chi connectivity index (χ0n) is 8.97. The predicted octanol–water partition coefficient (Wildman–Crippen LogP) is 1.71. The molecule has 0 atom stereocenters. The van der Waals surface area contributed by atoms with Gasteiger partial charge in [0.1, 0.15) is 5.82 Å². The van der Waals surface area contributed by atoms with E-state index in [0.717, 1.165) is 31.0 Å². The average molecular weight is 271 g/mol. The molecule has 0 fully saturated rings. The lowest BCUT2D eigenvalue weighted by atomic mass is 10.1. The summed E-state index contributed by atoms with van der Waals surface area (Å²) in [5.74, 6) is 0.953. The second-order valence-electron chi connectivity index (χ2n) is 3.99. The van der Waals surface area contributed by atoms with E-state index in [4.69, 9.17) is 0 Å². The number of hydrogen-bond acceptors (Lipinski definition) is 4. The first-order valence-electron chi connectivity index (χ1n) is 5.19. The molecule has 82 valence electrons. The van der Waals surface area contributed by atoms with Crippen molar-refractivity contribution in [3.05, 3.63) is 16.0 Å². The Bertz CT molecular complexity index is 365. The van der Waals surface area contributed by atoms with Gasteiger partial charge < -0.3 is 10.6 Å². The van der Waals surface area contributed by atoms with E-state index in [-0.39, 0.29) is 0 Å². The number of aromatic nitrogens is 2. The van der Waals surface area contributed by atoms with Crippen LogP contribution in [0.25, 0.3) is 0 Å². The summed E-state index contributed by atoms with van der Waals surface area (Å²) < 4.78 is 0.672. The summed E-state index contributed by atoms with van der Waals surface area (Å²) in [5, 5.41) is 6.69. The van der Waals surface area contributed by atoms with Crippen LogP contribution in [0.5, 0.6) is 0 Å². The zero-order chi connectivity index (χ0) is 10.8. The van der Waals surface area contributed by atoms with E-state index in [2.05, 4.69) is 50.4 Å². The van der Waals surface area contributed by atoms with Crippen LogP contribution in [0.4, 0.5) is 5.82 Å². The van der Waals surface area contributed by atoms with Crippen molar-refractivity contribution in [2.45, 2.75) is 32.9 Å². The monoisotopic (exact) mass is 270 g/mol. The van der Waals surface area contributed by atoms with Crippen molar-refractivity contribution in [1.82, 2.24) is 15.3 Å². The lowest BCUT2D eigenvalue weighted by Crippen LogP contribution is -2.27. The first-order chi connectivity index (χ1) is 7.16. The number of fused-ring (bicyclic) bond motifs is 1. The average Bonchev–Trinajstić information content (AvgIpc) is 2.16. The van der Waals surface area contributed by atoms with Crippen molar-refractivity contribution in [3.63, 3.8) is 0 Å². The number of nitrogens with one attached hydrogen (secondary N) is 2. The third-order valence-electron chi connectivity index (χ3n) is 2.33. The Morgan fingerprint density at radius 1 is 1.40 bits per heavy atom. The minimum Gasteiger partial charge on any atom is -0.367 e. The molecule has 1 aromatic rings. The molecule has 1 aliphatic heterocycles. The first kappa shape index (κ1) is 10.8. The molecule has 0 radical (unpaired) electrons. The fourth-order valence-electron chi connectivity index (χ4n) is 1.71. The van der Waals surface area contributed by atoms with Crippen LogP contribution in [0.3, 0.4) is 0 Å². The molecule has 0 bridgehead atoms. The second kappa shape index (κ2) is 4.45. The van der Waals surface area contributed by atoms with Crippen LogP contribution in [0, 0.1) is 0 Å². The van der Waals surface area contributed by atoms with Gasteiger partial charge in [0, 0.05) is 31.1 Å². The summed E-state index contributed by atoms with van der Waals surface area (Å²) in [6.07, 6.45) is 0.975. The van der Waals surface area contributed by atoms with Crippen molar-refractivity contribution in [2.75, 3.05) is 11.9 Å². The normalized spacial score (nSPS) is 15.2. The van der Waals surface area contributed by atoms with Gasteiger partial charge in [0.15, 0.2) is 4.73 Å². The molecule has 2 rings (SSSR count). The van der Waals surface area contributed by atoms with Gasteiger partial charge in [0.05, 0.1) is 5.69 Å². The van der Waals surface area contributed by atoms with Gasteiger partial charge in [-0.2, -0.15) is 0 Å². The lowest BCUT2D eigenvalue weighted by Gasteiger charge is -2.20. The fourth-order valence-corrected chi connectivity index (χ4v) is 2.10. The third-order valence-corrected chi connectivity index (χ3v) is 2.69. The minimum atomic E-state index is 0.387. The smallest absolute Gasteiger partial charge is 0.198 e. The van der Waals surface area contributed by atoms with Crippen molar-refractivity contribution in [2.24, 2.45) is 0 Å². The topological polar surface area (TPSA) is 49.8 Å². The molecule has 0 aliphatic carbocycles. The van der Waals surface area contributed by atoms with Crippen molar-refractivity contribution in [1.29, 1.82) is 0 Å². The van der Waals surface area contributed by atoms with E-state index in [9.17, 15) is 0 Å². The Hall–Kier alpha value is -0.680. The van der Waals surface area contributed by atoms with Crippen molar-refractivity contribution < 1.29 is 0 Å². The fraction of sp³-hybridized carbons (Fsp3) is 0.600. The largest absolute Gasteiger partial charge is 0.367 e. The van der Waals surface area contributed by atoms with Gasteiger partial charge in [-0.25, -0.2) is 9.97 Å². The maximum atomic E-state index is 4.41. The Labute approximate surface area is 98.0 Å². The van der Waals surface area contributed by atoms with E-state index >= 15 is 0 Å². The molecule has 0 amide bonds. The van der Waals surface area contributed by atoms with Gasteiger partial charge >= 0.3 is 0 Å². The molecule has 1 aromatic heterocycles. The summed E-state index contributed by atoms with van der Waals surface area (Å²) in [6, 6.07) is 0.387. The van der Waals surface area contributed by atoms with Gasteiger partial charge in [-0.1, -0.05) is 0 Å². The number of nitrogens with zero attached hydrogens (tertiary/aromatic N) is 2. The quantitative estimate of drug-likeness (QED) is 0.804. The maximum Gasteiger partial charge on any atom is 0.198 e. The minimum absolute atomic E-state index is 0.387. The van der Waals surface area contributed by atoms with Crippen LogP contribution < -0.4 is 10.6 Å². The number of hydrogen-bond donors (Lipinski definition) is 2. The van der Waals surface area contributed by atoms with Gasteiger partial charge in [-0.3, -0.25) is 0 Å². The molecule has 0 unspecified atom stereocenters. The third kappa shape index (κ3) is 2.46. The molecule has 0 aromatic carbocycles. The predicted molar refractivity (Wildman–Crippen MR) is 63.9 cm³/mol. The van der Waals surface area contributed by atoms with Crippen LogP contribution >= 0.6 is 15.9 Å². The van der Waals surface area contributed by atoms with Crippen LogP contribution in [0.1, 0.15) is 25.1 Å². The van der Waals surface area contributed by atoms with E-state index in [1.165, 1.54) is 5.56 Å². The molecule has 2 heterocycles. The van der Waals surface area contributed by atoms with Crippen LogP contribution in [0.2, 0.25) is 0 Å². The number of rotatable bonds is 2. The highest BCUT2D eigenvalue weighted by Gasteiger charge is 2.16. The molecule has 15 heavy (non-hydrogen) atoms. The summed E-state index contributed by atoms with van der Waals surface area (Å²) in [7, 11) is 0. The van der Waals surface area contributed by atoms with E-state index < -0.39 is 0 Å². The standard InChI is InChI=1S/C10H15BrN4/c1-6(2)13-9-7-5-12-4-3-8(7)14-10(11)15-9/h6,12H,3-5H2,1-2H3,(H,13,14,15). The van der Waals surface area contributed by atoms with E-state index in [0.29, 0.717) is 10.8 Å². The Kier molecular flexibility index (Phi) is 3.21. The van der Waals surface area contributed by atoms with Crippen molar-refractivity contribution >= 4 is 21.7 Å². The number of halogens is 1. The summed E-state index contributed by atoms with van der Waals surface area (Å²) in [6.45, 7) is 6.08. The maximum absolute atomic E-state index is 4.41. The summed E-state index contributed by atoms with van der Waals surface area (Å²) in [4.78, 5) is 8.79. The Morgan fingerprint density at radius 3 is 2.93 bits per heavy atom. The van der Waals surface area contributed by atoms with Gasteiger partial charge in [-0.05, 0) is 29.8 Å². The summed E-state index contributed by atoms with van der Waals surface area (Å²) in [5.41, 5.74) is 2.36. The van der Waals surface area contributed by atoms with Crippen LogP contribution in [-0.4, -0.2) is 22.6 Å². The molecule has 2 N–H and O–H groups in total. The molecule has 1 aliphatic rings. The molecule has 5 heteroatoms. The SMILES string of the molecule is CC(C)Nc1nc(Br)nc2c1CNCC2. The van der Waals surface area contributed by atoms with Crippen LogP contribution in [0.15, 0.2) is 4.73 Å². The van der Waals surface area contributed by atoms with E-state index in [1.807, 2.05) is 0 Å². The summed E-state index contributed by atoms with van der Waals surface area (Å²) >= 11 is 3.35. The molecule has 4 nitrogen and oxygen atoms in total. The van der Waals surface area contributed by atoms with Crippen LogP contribution in [-0.2, 0) is 13.0 Å². The first-order valence-corrected chi connectivity index (χ1v) is 5.98. The van der Waals surface area contributed by atoms with Gasteiger partial charge in [-0.15, -0.1) is 0 Å². The van der Waals surface area contributed by atoms with E-state index in [1.54, 1.807) is 0 Å². The Morgan fingerprint density at radius 2 is 2.20 bits per heavy atom. The molecule has 0 saturated carbocycles. The Balaban J connectivity index is 2.38. The highest BCUT2D eigenvalue weighted by atomic mass is 79.9. The molecule has 0 saturated heterocycles. The molecular formula is C10H15BrN4. The highest BCUT2D eigenvalue weighted by molar-refractivity contribution is 9.10. The lowest BCUT2D eigenvalue weighted by molar-refractivity contribution is 0.623. The molecular weight excluding hydrogens is 256 g/mol. The molecule has 0 spiro atoms. The van der Waals surface area contributed by atoms with Gasteiger partial charge in [0.25, 0.3) is 0 Å². The zero-order valence-corrected chi connectivity index (χ0v) is 10.6. The van der Waals surface area contributed by atoms with Gasteiger partial charge in [0.2, 0.25) is 0 Å².